The van der Waals surface area contributed by atoms with Crippen LogP contribution in [0, 0.1) is 11.3 Å². The maximum absolute atomic E-state index is 11.8. The van der Waals surface area contributed by atoms with Crippen LogP contribution in [0.25, 0.3) is 0 Å². The maximum atomic E-state index is 11.8. The van der Waals surface area contributed by atoms with E-state index < -0.39 is 6.04 Å². The second-order valence-corrected chi connectivity index (χ2v) is 4.02. The molecule has 4 heteroatoms. The SMILES string of the molecule is C=CCNC(C#N)CC(=O)N1CCCCC1. The van der Waals surface area contributed by atoms with E-state index in [9.17, 15) is 4.79 Å². The smallest absolute Gasteiger partial charge is 0.225 e. The van der Waals surface area contributed by atoms with Gasteiger partial charge >= 0.3 is 0 Å². The number of piperidine rings is 1. The van der Waals surface area contributed by atoms with E-state index in [2.05, 4.69) is 18.0 Å². The Labute approximate surface area is 96.9 Å². The minimum absolute atomic E-state index is 0.0859. The summed E-state index contributed by atoms with van der Waals surface area (Å²) in [6.07, 6.45) is 5.34. The molecule has 0 saturated carbocycles. The molecule has 88 valence electrons. The predicted molar refractivity (Wildman–Crippen MR) is 62.6 cm³/mol. The van der Waals surface area contributed by atoms with E-state index in [1.54, 1.807) is 6.08 Å². The second kappa shape index (κ2) is 7.02. The minimum Gasteiger partial charge on any atom is -0.343 e. The first kappa shape index (κ1) is 12.7. The summed E-state index contributed by atoms with van der Waals surface area (Å²) in [6.45, 7) is 5.82. The summed E-state index contributed by atoms with van der Waals surface area (Å²) in [5.41, 5.74) is 0. The fourth-order valence-corrected chi connectivity index (χ4v) is 1.84. The standard InChI is InChI=1S/C12H19N3O/c1-2-6-14-11(10-13)9-12(16)15-7-4-3-5-8-15/h2,11,14H,1,3-9H2. The van der Waals surface area contributed by atoms with Crippen molar-refractivity contribution in [1.29, 1.82) is 5.26 Å². The fourth-order valence-electron chi connectivity index (χ4n) is 1.84. The number of nitrogens with zero attached hydrogens (tertiary/aromatic N) is 2. The van der Waals surface area contributed by atoms with Gasteiger partial charge in [-0.1, -0.05) is 6.08 Å². The number of carbonyl (C=O) groups is 1. The van der Waals surface area contributed by atoms with Gasteiger partial charge in [0.2, 0.25) is 5.91 Å². The lowest BCUT2D eigenvalue weighted by Crippen LogP contribution is -2.40. The summed E-state index contributed by atoms with van der Waals surface area (Å²) < 4.78 is 0. The second-order valence-electron chi connectivity index (χ2n) is 4.02. The molecule has 1 amide bonds. The molecule has 0 aliphatic carbocycles. The van der Waals surface area contributed by atoms with Gasteiger partial charge in [-0.2, -0.15) is 5.26 Å². The van der Waals surface area contributed by atoms with Gasteiger partial charge in [0.1, 0.15) is 6.04 Å². The van der Waals surface area contributed by atoms with Gasteiger partial charge in [0.05, 0.1) is 12.5 Å². The molecule has 16 heavy (non-hydrogen) atoms. The van der Waals surface area contributed by atoms with Crippen molar-refractivity contribution in [1.82, 2.24) is 10.2 Å². The highest BCUT2D eigenvalue weighted by Crippen LogP contribution is 2.10. The van der Waals surface area contributed by atoms with Crippen LogP contribution in [-0.4, -0.2) is 36.5 Å². The normalized spacial score (nSPS) is 17.6. The number of rotatable bonds is 5. The van der Waals surface area contributed by atoms with Crippen LogP contribution in [0.4, 0.5) is 0 Å². The molecular formula is C12H19N3O. The molecule has 0 spiro atoms. The molecule has 1 atom stereocenters. The highest BCUT2D eigenvalue weighted by Gasteiger charge is 2.19. The lowest BCUT2D eigenvalue weighted by Gasteiger charge is -2.27. The predicted octanol–water partition coefficient (Wildman–Crippen LogP) is 1.06. The third kappa shape index (κ3) is 4.03. The molecule has 1 rings (SSSR count). The van der Waals surface area contributed by atoms with E-state index in [4.69, 9.17) is 5.26 Å². The summed E-state index contributed by atoms with van der Waals surface area (Å²) in [5, 5.41) is 11.8. The van der Waals surface area contributed by atoms with Gasteiger partial charge in [-0.15, -0.1) is 6.58 Å². The number of hydrogen-bond donors (Lipinski definition) is 1. The van der Waals surface area contributed by atoms with Gasteiger partial charge in [-0.25, -0.2) is 0 Å². The van der Waals surface area contributed by atoms with E-state index >= 15 is 0 Å². The zero-order valence-electron chi connectivity index (χ0n) is 9.61. The fraction of sp³-hybridized carbons (Fsp3) is 0.667. The average molecular weight is 221 g/mol. The van der Waals surface area contributed by atoms with Crippen molar-refractivity contribution in [3.8, 4) is 6.07 Å². The van der Waals surface area contributed by atoms with Gasteiger partial charge in [-0.3, -0.25) is 10.1 Å². The molecule has 0 radical (unpaired) electrons. The van der Waals surface area contributed by atoms with Crippen LogP contribution in [0.3, 0.4) is 0 Å². The zero-order valence-corrected chi connectivity index (χ0v) is 9.61. The van der Waals surface area contributed by atoms with Gasteiger partial charge in [0.15, 0.2) is 0 Å². The van der Waals surface area contributed by atoms with Gasteiger partial charge in [-0.05, 0) is 19.3 Å². The van der Waals surface area contributed by atoms with Crippen molar-refractivity contribution < 1.29 is 4.79 Å². The highest BCUT2D eigenvalue weighted by atomic mass is 16.2. The third-order valence-corrected chi connectivity index (χ3v) is 2.75. The van der Waals surface area contributed by atoms with Gasteiger partial charge in [0, 0.05) is 19.6 Å². The molecule has 0 aromatic rings. The Morgan fingerprint density at radius 1 is 1.50 bits per heavy atom. The van der Waals surface area contributed by atoms with Crippen molar-refractivity contribution in [2.45, 2.75) is 31.7 Å². The van der Waals surface area contributed by atoms with E-state index in [-0.39, 0.29) is 12.3 Å². The Hall–Kier alpha value is -1.34. The largest absolute Gasteiger partial charge is 0.343 e. The molecule has 1 aliphatic rings. The third-order valence-electron chi connectivity index (χ3n) is 2.75. The van der Waals surface area contributed by atoms with Crippen LogP contribution in [0.2, 0.25) is 0 Å². The van der Waals surface area contributed by atoms with Crippen LogP contribution in [0.15, 0.2) is 12.7 Å². The van der Waals surface area contributed by atoms with Crippen molar-refractivity contribution >= 4 is 5.91 Å². The molecule has 4 nitrogen and oxygen atoms in total. The molecule has 1 heterocycles. The molecular weight excluding hydrogens is 202 g/mol. The van der Waals surface area contributed by atoms with Crippen molar-refractivity contribution in [3.05, 3.63) is 12.7 Å². The van der Waals surface area contributed by atoms with E-state index in [1.165, 1.54) is 6.42 Å². The number of nitriles is 1. The maximum Gasteiger partial charge on any atom is 0.225 e. The molecule has 1 aliphatic heterocycles. The lowest BCUT2D eigenvalue weighted by molar-refractivity contribution is -0.132. The Morgan fingerprint density at radius 3 is 2.75 bits per heavy atom. The molecule has 1 fully saturated rings. The van der Waals surface area contributed by atoms with E-state index in [0.29, 0.717) is 6.54 Å². The molecule has 1 saturated heterocycles. The lowest BCUT2D eigenvalue weighted by atomic mass is 10.1. The molecule has 0 bridgehead atoms. The topological polar surface area (TPSA) is 56.1 Å². The number of hydrogen-bond acceptors (Lipinski definition) is 3. The molecule has 0 aromatic carbocycles. The van der Waals surface area contributed by atoms with Crippen molar-refractivity contribution in [2.24, 2.45) is 0 Å². The van der Waals surface area contributed by atoms with Crippen LogP contribution in [-0.2, 0) is 4.79 Å². The Bertz CT molecular complexity index is 276. The Balaban J connectivity index is 2.35. The van der Waals surface area contributed by atoms with Crippen LogP contribution in [0.1, 0.15) is 25.7 Å². The van der Waals surface area contributed by atoms with Crippen molar-refractivity contribution in [2.75, 3.05) is 19.6 Å². The summed E-state index contributed by atoms with van der Waals surface area (Å²) in [6, 6.07) is 1.70. The average Bonchev–Trinajstić information content (AvgIpc) is 2.35. The Morgan fingerprint density at radius 2 is 2.19 bits per heavy atom. The first-order chi connectivity index (χ1) is 7.77. The quantitative estimate of drug-likeness (QED) is 0.706. The van der Waals surface area contributed by atoms with Gasteiger partial charge in [0.25, 0.3) is 0 Å². The molecule has 0 aromatic heterocycles. The molecule has 1 unspecified atom stereocenters. The highest BCUT2D eigenvalue weighted by molar-refractivity contribution is 5.77. The first-order valence-electron chi connectivity index (χ1n) is 5.79. The minimum atomic E-state index is -0.396. The number of likely N-dealkylation sites (tertiary alicyclic amines) is 1. The molecule has 1 N–H and O–H groups in total. The van der Waals surface area contributed by atoms with E-state index in [0.717, 1.165) is 25.9 Å². The van der Waals surface area contributed by atoms with Crippen molar-refractivity contribution in [3.63, 3.8) is 0 Å². The summed E-state index contributed by atoms with van der Waals surface area (Å²) >= 11 is 0. The van der Waals surface area contributed by atoms with Crippen LogP contribution >= 0.6 is 0 Å². The number of nitrogens with one attached hydrogen (secondary N) is 1. The zero-order chi connectivity index (χ0) is 11.8. The van der Waals surface area contributed by atoms with Gasteiger partial charge < -0.3 is 4.90 Å². The number of carbonyl (C=O) groups excluding carboxylic acids is 1. The van der Waals surface area contributed by atoms with E-state index in [1.807, 2.05) is 4.90 Å². The summed E-state index contributed by atoms with van der Waals surface area (Å²) in [4.78, 5) is 13.7. The Kier molecular flexibility index (Phi) is 5.58. The number of amides is 1. The van der Waals surface area contributed by atoms with Crippen LogP contribution in [0.5, 0.6) is 0 Å². The summed E-state index contributed by atoms with van der Waals surface area (Å²) in [5.74, 6) is 0.0859. The monoisotopic (exact) mass is 221 g/mol. The first-order valence-corrected chi connectivity index (χ1v) is 5.79. The summed E-state index contributed by atoms with van der Waals surface area (Å²) in [7, 11) is 0. The van der Waals surface area contributed by atoms with Crippen LogP contribution < -0.4 is 5.32 Å².